The van der Waals surface area contributed by atoms with E-state index in [0.29, 0.717) is 0 Å². The molecule has 4 N–H and O–H groups in total. The maximum absolute atomic E-state index is 5.95. The molecule has 0 atom stereocenters. The Bertz CT molecular complexity index is 1140. The lowest BCUT2D eigenvalue weighted by Gasteiger charge is -2.10. The van der Waals surface area contributed by atoms with Crippen molar-refractivity contribution in [3.63, 3.8) is 0 Å². The molecule has 0 spiro atoms. The maximum Gasteiger partial charge on any atom is 0.0316 e. The van der Waals surface area contributed by atoms with Crippen LogP contribution in [0.15, 0.2) is 84.9 Å². The SMILES string of the molecule is CCc1cc(N)ccc1Cc1ccc(CCCc2ccc(Cc3ccc(N)cc3CC)cc2)cc1. The predicted molar refractivity (Wildman–Crippen MR) is 151 cm³/mol. The van der Waals surface area contributed by atoms with Gasteiger partial charge in [-0.25, -0.2) is 0 Å². The van der Waals surface area contributed by atoms with Gasteiger partial charge in [0.2, 0.25) is 0 Å². The van der Waals surface area contributed by atoms with E-state index in [4.69, 9.17) is 11.5 Å². The summed E-state index contributed by atoms with van der Waals surface area (Å²) in [4.78, 5) is 0. The Balaban J connectivity index is 1.28. The Morgan fingerprint density at radius 2 is 0.829 bits per heavy atom. The highest BCUT2D eigenvalue weighted by Gasteiger charge is 2.05. The van der Waals surface area contributed by atoms with Gasteiger partial charge in [-0.05, 0) is 114 Å². The molecule has 2 heteroatoms. The Kier molecular flexibility index (Phi) is 8.26. The number of rotatable bonds is 10. The van der Waals surface area contributed by atoms with E-state index < -0.39 is 0 Å². The van der Waals surface area contributed by atoms with Gasteiger partial charge in [-0.15, -0.1) is 0 Å². The summed E-state index contributed by atoms with van der Waals surface area (Å²) in [6.07, 6.45) is 7.33. The van der Waals surface area contributed by atoms with Crippen molar-refractivity contribution in [1.82, 2.24) is 0 Å². The second-order valence-electron chi connectivity index (χ2n) is 9.60. The Labute approximate surface area is 211 Å². The molecule has 0 aliphatic rings. The molecule has 180 valence electrons. The number of anilines is 2. The summed E-state index contributed by atoms with van der Waals surface area (Å²) in [5, 5.41) is 0. The molecule has 0 aliphatic heterocycles. The minimum atomic E-state index is 0.850. The summed E-state index contributed by atoms with van der Waals surface area (Å²) in [6.45, 7) is 4.38. The van der Waals surface area contributed by atoms with Crippen LogP contribution in [0.4, 0.5) is 11.4 Å². The Morgan fingerprint density at radius 3 is 1.20 bits per heavy atom. The molecule has 0 aromatic heterocycles. The molecule has 35 heavy (non-hydrogen) atoms. The molecule has 0 saturated heterocycles. The van der Waals surface area contributed by atoms with Crippen LogP contribution < -0.4 is 11.5 Å². The lowest BCUT2D eigenvalue weighted by atomic mass is 9.95. The number of hydrogen-bond donors (Lipinski definition) is 2. The first-order valence-corrected chi connectivity index (χ1v) is 12.9. The van der Waals surface area contributed by atoms with Crippen molar-refractivity contribution in [2.45, 2.75) is 58.8 Å². The van der Waals surface area contributed by atoms with Crippen LogP contribution in [-0.4, -0.2) is 0 Å². The van der Waals surface area contributed by atoms with E-state index in [-0.39, 0.29) is 0 Å². The van der Waals surface area contributed by atoms with Crippen molar-refractivity contribution < 1.29 is 0 Å². The van der Waals surface area contributed by atoms with Gasteiger partial charge in [0.05, 0.1) is 0 Å². The zero-order valence-electron chi connectivity index (χ0n) is 21.2. The molecule has 4 aromatic rings. The third kappa shape index (κ3) is 6.76. The summed E-state index contributed by atoms with van der Waals surface area (Å²) in [7, 11) is 0. The van der Waals surface area contributed by atoms with Gasteiger partial charge in [-0.3, -0.25) is 0 Å². The fourth-order valence-corrected chi connectivity index (χ4v) is 4.88. The van der Waals surface area contributed by atoms with Crippen molar-refractivity contribution in [1.29, 1.82) is 0 Å². The lowest BCUT2D eigenvalue weighted by molar-refractivity contribution is 0.819. The van der Waals surface area contributed by atoms with Crippen LogP contribution in [-0.2, 0) is 38.5 Å². The van der Waals surface area contributed by atoms with E-state index in [9.17, 15) is 0 Å². The van der Waals surface area contributed by atoms with E-state index in [1.54, 1.807) is 0 Å². The molecule has 0 fully saturated rings. The number of nitrogens with two attached hydrogens (primary N) is 2. The molecular weight excluding hydrogens is 424 g/mol. The van der Waals surface area contributed by atoms with Gasteiger partial charge in [-0.1, -0.05) is 74.5 Å². The highest BCUT2D eigenvalue weighted by Crippen LogP contribution is 2.21. The van der Waals surface area contributed by atoms with Gasteiger partial charge in [0.1, 0.15) is 0 Å². The van der Waals surface area contributed by atoms with Gasteiger partial charge in [-0.2, -0.15) is 0 Å². The van der Waals surface area contributed by atoms with Crippen LogP contribution in [0.1, 0.15) is 64.8 Å². The minimum Gasteiger partial charge on any atom is -0.399 e. The second kappa shape index (κ2) is 11.8. The molecular formula is C33H38N2. The Morgan fingerprint density at radius 1 is 0.457 bits per heavy atom. The van der Waals surface area contributed by atoms with E-state index >= 15 is 0 Å². The summed E-state index contributed by atoms with van der Waals surface area (Å²) < 4.78 is 0. The first-order chi connectivity index (χ1) is 17.0. The van der Waals surface area contributed by atoms with Crippen molar-refractivity contribution >= 4 is 11.4 Å². The third-order valence-electron chi connectivity index (χ3n) is 6.99. The third-order valence-corrected chi connectivity index (χ3v) is 6.99. The van der Waals surface area contributed by atoms with Crippen molar-refractivity contribution in [3.8, 4) is 0 Å². The first-order valence-electron chi connectivity index (χ1n) is 12.9. The predicted octanol–water partition coefficient (Wildman–Crippen LogP) is 7.33. The number of benzene rings is 4. The van der Waals surface area contributed by atoms with Gasteiger partial charge in [0.25, 0.3) is 0 Å². The molecule has 0 radical (unpaired) electrons. The number of aryl methyl sites for hydroxylation is 4. The van der Waals surface area contributed by atoms with E-state index in [1.807, 2.05) is 12.1 Å². The van der Waals surface area contributed by atoms with E-state index in [0.717, 1.165) is 56.3 Å². The standard InChI is InChI=1S/C33H38N2/c1-3-28-22-32(34)18-16-30(28)20-26-12-8-24(9-13-26)6-5-7-25-10-14-27(15-11-25)21-31-17-19-33(35)23-29(31)4-2/h8-19,22-23H,3-7,20-21,34-35H2,1-2H3. The fourth-order valence-electron chi connectivity index (χ4n) is 4.88. The highest BCUT2D eigenvalue weighted by molar-refractivity contribution is 5.47. The van der Waals surface area contributed by atoms with Gasteiger partial charge < -0.3 is 11.5 Å². The molecule has 4 rings (SSSR count). The molecule has 0 bridgehead atoms. The van der Waals surface area contributed by atoms with Crippen LogP contribution >= 0.6 is 0 Å². The zero-order valence-corrected chi connectivity index (χ0v) is 21.2. The Hall–Kier alpha value is -3.52. The topological polar surface area (TPSA) is 52.0 Å². The lowest BCUT2D eigenvalue weighted by Crippen LogP contribution is -1.98. The normalized spacial score (nSPS) is 11.0. The van der Waals surface area contributed by atoms with Gasteiger partial charge >= 0.3 is 0 Å². The zero-order chi connectivity index (χ0) is 24.6. The van der Waals surface area contributed by atoms with Crippen LogP contribution in [0, 0.1) is 0 Å². The molecule has 4 aromatic carbocycles. The smallest absolute Gasteiger partial charge is 0.0316 e. The maximum atomic E-state index is 5.95. The van der Waals surface area contributed by atoms with Gasteiger partial charge in [0, 0.05) is 11.4 Å². The van der Waals surface area contributed by atoms with Crippen LogP contribution in [0.3, 0.4) is 0 Å². The van der Waals surface area contributed by atoms with Crippen molar-refractivity contribution in [3.05, 3.63) is 129 Å². The number of hydrogen-bond acceptors (Lipinski definition) is 2. The molecule has 2 nitrogen and oxygen atoms in total. The average molecular weight is 463 g/mol. The molecule has 0 amide bonds. The van der Waals surface area contributed by atoms with Crippen LogP contribution in [0.25, 0.3) is 0 Å². The second-order valence-corrected chi connectivity index (χ2v) is 9.60. The van der Waals surface area contributed by atoms with Crippen molar-refractivity contribution in [2.24, 2.45) is 0 Å². The summed E-state index contributed by atoms with van der Waals surface area (Å²) in [6, 6.07) is 30.9. The monoisotopic (exact) mass is 462 g/mol. The van der Waals surface area contributed by atoms with E-state index in [1.165, 1.54) is 44.5 Å². The van der Waals surface area contributed by atoms with Crippen molar-refractivity contribution in [2.75, 3.05) is 11.5 Å². The van der Waals surface area contributed by atoms with E-state index in [2.05, 4.69) is 86.6 Å². The minimum absolute atomic E-state index is 0.850. The first kappa shape index (κ1) is 24.6. The average Bonchev–Trinajstić information content (AvgIpc) is 2.88. The van der Waals surface area contributed by atoms with Crippen LogP contribution in [0.2, 0.25) is 0 Å². The molecule has 0 saturated carbocycles. The van der Waals surface area contributed by atoms with Crippen LogP contribution in [0.5, 0.6) is 0 Å². The molecule has 0 unspecified atom stereocenters. The highest BCUT2D eigenvalue weighted by atomic mass is 14.5. The quantitative estimate of drug-likeness (QED) is 0.242. The summed E-state index contributed by atoms with van der Waals surface area (Å²) in [5.41, 5.74) is 24.6. The summed E-state index contributed by atoms with van der Waals surface area (Å²) in [5.74, 6) is 0. The molecule has 0 aliphatic carbocycles. The summed E-state index contributed by atoms with van der Waals surface area (Å²) >= 11 is 0. The molecule has 0 heterocycles. The fraction of sp³-hybridized carbons (Fsp3) is 0.273. The van der Waals surface area contributed by atoms with Gasteiger partial charge in [0.15, 0.2) is 0 Å². The largest absolute Gasteiger partial charge is 0.399 e. The number of nitrogen functional groups attached to an aromatic ring is 2.